The van der Waals surface area contributed by atoms with Crippen LogP contribution in [0.2, 0.25) is 0 Å². The number of amides is 1. The molecule has 1 saturated carbocycles. The average Bonchev–Trinajstić information content (AvgIpc) is 3.14. The van der Waals surface area contributed by atoms with Crippen LogP contribution in [0, 0.1) is 0 Å². The molecule has 3 heteroatoms. The molecule has 3 rings (SSSR count). The molecule has 0 unspecified atom stereocenters. The Kier molecular flexibility index (Phi) is 5.65. The van der Waals surface area contributed by atoms with Crippen LogP contribution in [-0.2, 0) is 4.79 Å². The Bertz CT molecular complexity index is 596. The Labute approximate surface area is 144 Å². The van der Waals surface area contributed by atoms with Crippen LogP contribution in [0.15, 0.2) is 60.7 Å². The lowest BCUT2D eigenvalue weighted by Crippen LogP contribution is -2.46. The first-order valence-electron chi connectivity index (χ1n) is 8.90. The normalized spacial score (nSPS) is 16.2. The summed E-state index contributed by atoms with van der Waals surface area (Å²) in [4.78, 5) is 12.5. The molecule has 0 saturated heterocycles. The molecule has 0 bridgehead atoms. The highest BCUT2D eigenvalue weighted by atomic mass is 16.2. The first kappa shape index (κ1) is 16.7. The molecule has 1 fully saturated rings. The van der Waals surface area contributed by atoms with Crippen LogP contribution >= 0.6 is 0 Å². The lowest BCUT2D eigenvalue weighted by atomic mass is 9.98. The van der Waals surface area contributed by atoms with Gasteiger partial charge in [0.25, 0.3) is 0 Å². The monoisotopic (exact) mass is 322 g/mol. The summed E-state index contributed by atoms with van der Waals surface area (Å²) in [7, 11) is 0. The van der Waals surface area contributed by atoms with E-state index < -0.39 is 0 Å². The van der Waals surface area contributed by atoms with E-state index in [4.69, 9.17) is 0 Å². The molecule has 1 aliphatic rings. The number of benzene rings is 2. The summed E-state index contributed by atoms with van der Waals surface area (Å²) in [6.07, 6.45) is 4.67. The van der Waals surface area contributed by atoms with Gasteiger partial charge in [-0.3, -0.25) is 10.1 Å². The predicted molar refractivity (Wildman–Crippen MR) is 97.7 cm³/mol. The van der Waals surface area contributed by atoms with Crippen LogP contribution in [0.3, 0.4) is 0 Å². The average molecular weight is 322 g/mol. The minimum Gasteiger partial charge on any atom is -0.352 e. The maximum atomic E-state index is 12.5. The summed E-state index contributed by atoms with van der Waals surface area (Å²) in [5.41, 5.74) is 2.34. The van der Waals surface area contributed by atoms with Crippen LogP contribution in [0.1, 0.15) is 49.8 Å². The number of nitrogens with one attached hydrogen (secondary N) is 2. The van der Waals surface area contributed by atoms with E-state index in [-0.39, 0.29) is 18.0 Å². The Balaban J connectivity index is 1.72. The van der Waals surface area contributed by atoms with Crippen LogP contribution in [0.4, 0.5) is 0 Å². The fourth-order valence-electron chi connectivity index (χ4n) is 3.40. The third-order valence-electron chi connectivity index (χ3n) is 4.78. The van der Waals surface area contributed by atoms with Crippen LogP contribution in [0.5, 0.6) is 0 Å². The van der Waals surface area contributed by atoms with Crippen LogP contribution in [0.25, 0.3) is 0 Å². The molecule has 0 aromatic heterocycles. The van der Waals surface area contributed by atoms with Gasteiger partial charge >= 0.3 is 0 Å². The fraction of sp³-hybridized carbons (Fsp3) is 0.381. The summed E-state index contributed by atoms with van der Waals surface area (Å²) in [6, 6.07) is 20.7. The molecule has 1 amide bonds. The molecule has 126 valence electrons. The Morgan fingerprint density at radius 2 is 1.42 bits per heavy atom. The number of carbonyl (C=O) groups excluding carboxylic acids is 1. The van der Waals surface area contributed by atoms with E-state index in [1.54, 1.807) is 0 Å². The van der Waals surface area contributed by atoms with Crippen molar-refractivity contribution in [3.8, 4) is 0 Å². The second-order valence-corrected chi connectivity index (χ2v) is 6.63. The molecule has 0 aliphatic heterocycles. The number of rotatable bonds is 6. The van der Waals surface area contributed by atoms with Crippen molar-refractivity contribution in [2.24, 2.45) is 0 Å². The standard InChI is InChI=1S/C21H26N2O/c1-16(21(24)23-19-14-8-9-15-19)22-20(17-10-4-2-5-11-17)18-12-6-3-7-13-18/h2-7,10-13,16,19-20,22H,8-9,14-15H2,1H3,(H,23,24)/t16-/m1/s1. The molecule has 2 aromatic rings. The van der Waals surface area contributed by atoms with Gasteiger partial charge in [0.2, 0.25) is 5.91 Å². The molecular formula is C21H26N2O. The van der Waals surface area contributed by atoms with E-state index in [1.807, 2.05) is 43.3 Å². The molecule has 2 aromatic carbocycles. The van der Waals surface area contributed by atoms with Crippen molar-refractivity contribution in [3.05, 3.63) is 71.8 Å². The molecule has 0 spiro atoms. The van der Waals surface area contributed by atoms with Crippen LogP contribution < -0.4 is 10.6 Å². The third kappa shape index (κ3) is 4.24. The first-order valence-corrected chi connectivity index (χ1v) is 8.90. The van der Waals surface area contributed by atoms with Crippen molar-refractivity contribution >= 4 is 5.91 Å². The van der Waals surface area contributed by atoms with E-state index in [2.05, 4.69) is 34.9 Å². The van der Waals surface area contributed by atoms with Gasteiger partial charge in [-0.1, -0.05) is 73.5 Å². The van der Waals surface area contributed by atoms with E-state index in [0.29, 0.717) is 6.04 Å². The van der Waals surface area contributed by atoms with Gasteiger partial charge in [0.15, 0.2) is 0 Å². The maximum absolute atomic E-state index is 12.5. The Hall–Kier alpha value is -2.13. The van der Waals surface area contributed by atoms with Crippen molar-refractivity contribution < 1.29 is 4.79 Å². The molecule has 1 atom stereocenters. The summed E-state index contributed by atoms with van der Waals surface area (Å²) < 4.78 is 0. The summed E-state index contributed by atoms with van der Waals surface area (Å²) in [5, 5.41) is 6.70. The molecular weight excluding hydrogens is 296 g/mol. The van der Waals surface area contributed by atoms with E-state index in [9.17, 15) is 4.79 Å². The van der Waals surface area contributed by atoms with E-state index >= 15 is 0 Å². The second kappa shape index (κ2) is 8.11. The zero-order valence-electron chi connectivity index (χ0n) is 14.2. The van der Waals surface area contributed by atoms with Crippen LogP contribution in [-0.4, -0.2) is 18.0 Å². The Morgan fingerprint density at radius 3 is 1.92 bits per heavy atom. The number of hydrogen-bond acceptors (Lipinski definition) is 2. The van der Waals surface area contributed by atoms with Crippen molar-refractivity contribution in [1.29, 1.82) is 0 Å². The molecule has 0 heterocycles. The van der Waals surface area contributed by atoms with Crippen molar-refractivity contribution in [2.75, 3.05) is 0 Å². The van der Waals surface area contributed by atoms with Gasteiger partial charge in [0.05, 0.1) is 12.1 Å². The van der Waals surface area contributed by atoms with Gasteiger partial charge < -0.3 is 5.32 Å². The van der Waals surface area contributed by atoms with Crippen molar-refractivity contribution in [2.45, 2.75) is 50.7 Å². The molecule has 1 aliphatic carbocycles. The fourth-order valence-corrected chi connectivity index (χ4v) is 3.40. The van der Waals surface area contributed by atoms with Gasteiger partial charge in [-0.25, -0.2) is 0 Å². The van der Waals surface area contributed by atoms with Gasteiger partial charge in [0, 0.05) is 6.04 Å². The highest BCUT2D eigenvalue weighted by molar-refractivity contribution is 5.81. The van der Waals surface area contributed by atoms with Gasteiger partial charge in [-0.2, -0.15) is 0 Å². The molecule has 3 nitrogen and oxygen atoms in total. The zero-order valence-corrected chi connectivity index (χ0v) is 14.2. The highest BCUT2D eigenvalue weighted by Gasteiger charge is 2.23. The second-order valence-electron chi connectivity index (χ2n) is 6.63. The summed E-state index contributed by atoms with van der Waals surface area (Å²) in [6.45, 7) is 1.95. The number of carbonyl (C=O) groups is 1. The first-order chi connectivity index (χ1) is 11.7. The number of hydrogen-bond donors (Lipinski definition) is 2. The quantitative estimate of drug-likeness (QED) is 0.849. The van der Waals surface area contributed by atoms with Gasteiger partial charge in [-0.15, -0.1) is 0 Å². The van der Waals surface area contributed by atoms with Gasteiger partial charge in [0.1, 0.15) is 0 Å². The highest BCUT2D eigenvalue weighted by Crippen LogP contribution is 2.23. The topological polar surface area (TPSA) is 41.1 Å². The molecule has 2 N–H and O–H groups in total. The SMILES string of the molecule is C[C@@H](NC(c1ccccc1)c1ccccc1)C(=O)NC1CCCC1. The van der Waals surface area contributed by atoms with E-state index in [0.717, 1.165) is 12.8 Å². The summed E-state index contributed by atoms with van der Waals surface area (Å²) in [5.74, 6) is 0.0961. The summed E-state index contributed by atoms with van der Waals surface area (Å²) >= 11 is 0. The third-order valence-corrected chi connectivity index (χ3v) is 4.78. The molecule has 0 radical (unpaired) electrons. The largest absolute Gasteiger partial charge is 0.352 e. The smallest absolute Gasteiger partial charge is 0.237 e. The van der Waals surface area contributed by atoms with Crippen molar-refractivity contribution in [3.63, 3.8) is 0 Å². The zero-order chi connectivity index (χ0) is 16.8. The Morgan fingerprint density at radius 1 is 0.917 bits per heavy atom. The predicted octanol–water partition coefficient (Wildman–Crippen LogP) is 3.81. The van der Waals surface area contributed by atoms with Crippen molar-refractivity contribution in [1.82, 2.24) is 10.6 Å². The minimum absolute atomic E-state index is 0.0109. The maximum Gasteiger partial charge on any atom is 0.237 e. The lowest BCUT2D eigenvalue weighted by molar-refractivity contribution is -0.123. The minimum atomic E-state index is -0.240. The molecule has 24 heavy (non-hydrogen) atoms. The van der Waals surface area contributed by atoms with Gasteiger partial charge in [-0.05, 0) is 30.9 Å². The van der Waals surface area contributed by atoms with E-state index in [1.165, 1.54) is 24.0 Å². The lowest BCUT2D eigenvalue weighted by Gasteiger charge is -2.25.